The summed E-state index contributed by atoms with van der Waals surface area (Å²) in [6.45, 7) is 40.8. The molecule has 0 radical (unpaired) electrons. The predicted molar refractivity (Wildman–Crippen MR) is 418 cm³/mol. The summed E-state index contributed by atoms with van der Waals surface area (Å²) in [5, 5.41) is 42.9. The molecule has 9 heteroatoms. The van der Waals surface area contributed by atoms with Gasteiger partial charge in [0.2, 0.25) is 0 Å². The fourth-order valence-electron chi connectivity index (χ4n) is 13.0. The molecule has 0 aliphatic heterocycles. The molecule has 0 bridgehead atoms. The third-order valence-corrected chi connectivity index (χ3v) is 32.5. The van der Waals surface area contributed by atoms with E-state index in [0.717, 1.165) is 18.5 Å². The summed E-state index contributed by atoms with van der Waals surface area (Å²) in [4.78, 5) is 0. The molecule has 9 rings (SSSR count). The maximum atomic E-state index is 10.2. The van der Waals surface area contributed by atoms with Gasteiger partial charge in [-0.15, -0.1) is 0 Å². The van der Waals surface area contributed by atoms with Crippen LogP contribution in [0.4, 0.5) is 0 Å². The highest BCUT2D eigenvalue weighted by molar-refractivity contribution is 7.96. The minimum atomic E-state index is -1.95. The highest BCUT2D eigenvalue weighted by Gasteiger charge is 2.48. The van der Waals surface area contributed by atoms with Crippen LogP contribution in [0.2, 0.25) is 0 Å². The van der Waals surface area contributed by atoms with Gasteiger partial charge in [0.25, 0.3) is 0 Å². The van der Waals surface area contributed by atoms with Crippen molar-refractivity contribution in [1.29, 1.82) is 0 Å². The summed E-state index contributed by atoms with van der Waals surface area (Å²) in [5.41, 5.74) is 12.2. The third-order valence-electron chi connectivity index (χ3n) is 19.3. The highest BCUT2D eigenvalue weighted by atomic mass is 127. The van der Waals surface area contributed by atoms with Crippen LogP contribution in [0.15, 0.2) is 218 Å². The van der Waals surface area contributed by atoms with E-state index in [2.05, 4.69) is 343 Å². The second-order valence-corrected chi connectivity index (χ2v) is 39.3. The first-order valence-electron chi connectivity index (χ1n) is 34.8. The number of halogens is 3. The molecular formula is C87H114BrClIO3P3. The van der Waals surface area contributed by atoms with Gasteiger partial charge in [-0.25, -0.2) is 0 Å². The van der Waals surface area contributed by atoms with Gasteiger partial charge < -0.3 is 68.7 Å². The minimum absolute atomic E-state index is 0. The summed E-state index contributed by atoms with van der Waals surface area (Å²) in [6.07, 6.45) is 2.28. The summed E-state index contributed by atoms with van der Waals surface area (Å²) in [6, 6.07) is 82.5. The van der Waals surface area contributed by atoms with E-state index >= 15 is 0 Å². The Hall–Kier alpha value is -4.35. The lowest BCUT2D eigenvalue weighted by Gasteiger charge is -2.28. The molecule has 3 nitrogen and oxygen atoms in total. The zero-order valence-corrected chi connectivity index (χ0v) is 68.2. The SMILES string of the molecule is CC(C)c1ccc([P+](CCO)(c2ccc(C(C)C)cc2)c2ccc(C(C)C)cc2)cc1.CC(C)c1ccc([P+](CCO)(c2ccc(C(C)C)cc2)c2ccc(C(C)C)cc2)cc1.CC(C)c1ccc([P+](CCO)(c2ccc(C(C)C)cc2)c2ccc(C(C)C)cc2)cc1.[Br-].[Cl-].[I-]. The van der Waals surface area contributed by atoms with Crippen molar-refractivity contribution in [2.75, 3.05) is 38.3 Å². The highest BCUT2D eigenvalue weighted by Crippen LogP contribution is 2.58. The second-order valence-electron chi connectivity index (χ2n) is 28.5. The molecule has 0 amide bonds. The first kappa shape index (κ1) is 84.1. The van der Waals surface area contributed by atoms with Gasteiger partial charge >= 0.3 is 0 Å². The van der Waals surface area contributed by atoms with Gasteiger partial charge in [0.05, 0.1) is 38.3 Å². The standard InChI is InChI=1S/3C29H38OP.BrH.ClH.HI/c3*1-21(2)24-7-13-27(14-8-24)31(20-19-30,28-15-9-25(10-16-28)22(3)4)29-17-11-26(12-18-29)23(5)6;;;/h3*7-18,21-23,30H,19-20H2,1-6H3;3*1H/q3*+1;;;/p-3. The molecule has 0 unspecified atom stereocenters. The quantitative estimate of drug-likeness (QED) is 0.0418. The van der Waals surface area contributed by atoms with Gasteiger partial charge in [0.15, 0.2) is 0 Å². The number of aliphatic hydroxyl groups excluding tert-OH is 3. The van der Waals surface area contributed by atoms with E-state index in [4.69, 9.17) is 0 Å². The molecule has 9 aromatic rings. The monoisotopic (exact) mass is 1540 g/mol. The molecule has 0 saturated carbocycles. The molecule has 0 fully saturated rings. The summed E-state index contributed by atoms with van der Waals surface area (Å²) in [5.74, 6) is 4.59. The van der Waals surface area contributed by atoms with Crippen LogP contribution in [0.25, 0.3) is 0 Å². The second kappa shape index (κ2) is 39.0. The average molecular weight is 1540 g/mol. The number of aliphatic hydroxyl groups is 3. The van der Waals surface area contributed by atoms with Crippen molar-refractivity contribution in [3.63, 3.8) is 0 Å². The van der Waals surface area contributed by atoms with Crippen LogP contribution in [0.3, 0.4) is 0 Å². The van der Waals surface area contributed by atoms with E-state index < -0.39 is 21.8 Å². The van der Waals surface area contributed by atoms with E-state index in [0.29, 0.717) is 53.3 Å². The van der Waals surface area contributed by atoms with E-state index in [-0.39, 0.29) is 73.2 Å². The lowest BCUT2D eigenvalue weighted by Crippen LogP contribution is -3.00. The fourth-order valence-corrected chi connectivity index (χ4v) is 24.8. The van der Waals surface area contributed by atoms with E-state index in [1.165, 1.54) is 97.8 Å². The van der Waals surface area contributed by atoms with Crippen LogP contribution in [0, 0.1) is 0 Å². The summed E-state index contributed by atoms with van der Waals surface area (Å²) in [7, 11) is -5.86. The zero-order chi connectivity index (χ0) is 67.8. The Morgan fingerprint density at radius 1 is 0.198 bits per heavy atom. The smallest absolute Gasteiger partial charge is 0.114 e. The van der Waals surface area contributed by atoms with Gasteiger partial charge in [0.1, 0.15) is 69.5 Å². The van der Waals surface area contributed by atoms with Gasteiger partial charge in [0, 0.05) is 0 Å². The molecule has 0 saturated heterocycles. The van der Waals surface area contributed by atoms with E-state index in [1.807, 2.05) is 0 Å². The Labute approximate surface area is 617 Å². The minimum Gasteiger partial charge on any atom is -1.00 e. The van der Waals surface area contributed by atoms with Crippen molar-refractivity contribution in [3.05, 3.63) is 268 Å². The van der Waals surface area contributed by atoms with Crippen LogP contribution in [-0.4, -0.2) is 53.6 Å². The lowest BCUT2D eigenvalue weighted by molar-refractivity contribution is -0.00100. The molecule has 9 aromatic carbocycles. The zero-order valence-electron chi connectivity index (χ0n) is 61.0. The van der Waals surface area contributed by atoms with Gasteiger partial charge in [-0.05, 0) is 213 Å². The van der Waals surface area contributed by atoms with Crippen molar-refractivity contribution < 1.29 is 68.7 Å². The van der Waals surface area contributed by atoms with Crippen molar-refractivity contribution in [1.82, 2.24) is 0 Å². The van der Waals surface area contributed by atoms with Crippen molar-refractivity contribution in [3.8, 4) is 0 Å². The Kier molecular flexibility index (Phi) is 34.2. The van der Waals surface area contributed by atoms with Crippen molar-refractivity contribution in [2.24, 2.45) is 0 Å². The van der Waals surface area contributed by atoms with Gasteiger partial charge in [-0.2, -0.15) is 0 Å². The summed E-state index contributed by atoms with van der Waals surface area (Å²) < 4.78 is 0. The average Bonchev–Trinajstić information content (AvgIpc) is 0.769. The Bertz CT molecular complexity index is 2890. The number of rotatable bonds is 24. The Morgan fingerprint density at radius 2 is 0.281 bits per heavy atom. The van der Waals surface area contributed by atoms with Crippen molar-refractivity contribution >= 4 is 69.5 Å². The molecule has 0 aliphatic rings. The number of benzene rings is 9. The van der Waals surface area contributed by atoms with Crippen LogP contribution >= 0.6 is 21.8 Å². The van der Waals surface area contributed by atoms with Crippen LogP contribution < -0.4 is 101 Å². The third kappa shape index (κ3) is 20.0. The van der Waals surface area contributed by atoms with Gasteiger partial charge in [-0.1, -0.05) is 234 Å². The first-order valence-corrected chi connectivity index (χ1v) is 40.7. The Morgan fingerprint density at radius 3 is 0.344 bits per heavy atom. The lowest BCUT2D eigenvalue weighted by atomic mass is 10.0. The maximum absolute atomic E-state index is 10.2. The topological polar surface area (TPSA) is 60.7 Å². The largest absolute Gasteiger partial charge is 1.00 e. The number of hydrogen-bond acceptors (Lipinski definition) is 3. The fraction of sp³-hybridized carbons (Fsp3) is 0.379. The van der Waals surface area contributed by atoms with E-state index in [9.17, 15) is 15.3 Å². The molecule has 516 valence electrons. The molecule has 0 spiro atoms. The predicted octanol–water partition coefficient (Wildman–Crippen LogP) is 10.0. The summed E-state index contributed by atoms with van der Waals surface area (Å²) >= 11 is 0. The molecule has 0 heterocycles. The van der Waals surface area contributed by atoms with Gasteiger partial charge in [-0.3, -0.25) is 0 Å². The van der Waals surface area contributed by atoms with E-state index in [1.54, 1.807) is 0 Å². The molecule has 96 heavy (non-hydrogen) atoms. The van der Waals surface area contributed by atoms with Crippen molar-refractivity contribution in [2.45, 2.75) is 178 Å². The maximum Gasteiger partial charge on any atom is 0.114 e. The molecule has 0 atom stereocenters. The number of hydrogen-bond donors (Lipinski definition) is 3. The normalized spacial score (nSPS) is 11.8. The van der Waals surface area contributed by atoms with Crippen LogP contribution in [0.1, 0.15) is 228 Å². The molecule has 0 aliphatic carbocycles. The molecule has 3 N–H and O–H groups in total. The molecular weight excluding hydrogens is 1430 g/mol. The van der Waals surface area contributed by atoms with Crippen LogP contribution in [0.5, 0.6) is 0 Å². The first-order chi connectivity index (χ1) is 44.4. The van der Waals surface area contributed by atoms with Crippen LogP contribution in [-0.2, 0) is 0 Å². The molecule has 0 aromatic heterocycles. The Balaban J connectivity index is 0.000000302.